The number of nitrogens with one attached hydrogen (secondary N) is 2. The second-order valence-electron chi connectivity index (χ2n) is 6.33. The van der Waals surface area contributed by atoms with Crippen molar-refractivity contribution < 1.29 is 13.2 Å². The SMILES string of the molecule is O=C(NCc1ccccc1)c1cccc(S(=O)(=O)NCCc2ccccc2)c1. The lowest BCUT2D eigenvalue weighted by Gasteiger charge is -2.09. The molecule has 0 fully saturated rings. The van der Waals surface area contributed by atoms with Crippen LogP contribution in [-0.4, -0.2) is 20.9 Å². The Morgan fingerprint density at radius 3 is 2.11 bits per heavy atom. The molecule has 0 radical (unpaired) electrons. The number of rotatable bonds is 8. The van der Waals surface area contributed by atoms with Gasteiger partial charge in [-0.3, -0.25) is 4.79 Å². The van der Waals surface area contributed by atoms with Crippen LogP contribution in [0, 0.1) is 0 Å². The summed E-state index contributed by atoms with van der Waals surface area (Å²) in [5.74, 6) is -0.315. The predicted molar refractivity (Wildman–Crippen MR) is 109 cm³/mol. The lowest BCUT2D eigenvalue weighted by atomic mass is 10.2. The predicted octanol–water partition coefficient (Wildman–Crippen LogP) is 3.14. The summed E-state index contributed by atoms with van der Waals surface area (Å²) in [6, 6.07) is 25.2. The molecule has 0 saturated heterocycles. The molecule has 0 aliphatic heterocycles. The molecule has 1 amide bonds. The molecule has 0 atom stereocenters. The summed E-state index contributed by atoms with van der Waals surface area (Å²) < 4.78 is 27.7. The smallest absolute Gasteiger partial charge is 0.251 e. The molecule has 5 nitrogen and oxygen atoms in total. The van der Waals surface area contributed by atoms with Crippen LogP contribution in [-0.2, 0) is 23.0 Å². The maximum Gasteiger partial charge on any atom is 0.251 e. The van der Waals surface area contributed by atoms with E-state index in [0.29, 0.717) is 18.5 Å². The van der Waals surface area contributed by atoms with E-state index in [1.165, 1.54) is 12.1 Å². The Bertz CT molecular complexity index is 1020. The van der Waals surface area contributed by atoms with Crippen molar-refractivity contribution in [2.75, 3.05) is 6.54 Å². The second kappa shape index (κ2) is 9.30. The van der Waals surface area contributed by atoms with Gasteiger partial charge in [0, 0.05) is 18.7 Å². The van der Waals surface area contributed by atoms with E-state index in [-0.39, 0.29) is 17.3 Å². The molecular formula is C22H22N2O3S. The minimum Gasteiger partial charge on any atom is -0.348 e. The highest BCUT2D eigenvalue weighted by Gasteiger charge is 2.16. The maximum absolute atomic E-state index is 12.5. The van der Waals surface area contributed by atoms with Crippen molar-refractivity contribution in [3.05, 3.63) is 102 Å². The summed E-state index contributed by atoms with van der Waals surface area (Å²) in [6.45, 7) is 0.669. The largest absolute Gasteiger partial charge is 0.348 e. The molecule has 0 unspecified atom stereocenters. The number of sulfonamides is 1. The van der Waals surface area contributed by atoms with E-state index < -0.39 is 10.0 Å². The highest BCUT2D eigenvalue weighted by molar-refractivity contribution is 7.89. The monoisotopic (exact) mass is 394 g/mol. The zero-order valence-electron chi connectivity index (χ0n) is 15.3. The lowest BCUT2D eigenvalue weighted by Crippen LogP contribution is -2.27. The minimum absolute atomic E-state index is 0.0768. The van der Waals surface area contributed by atoms with Crippen LogP contribution in [0.1, 0.15) is 21.5 Å². The molecule has 0 saturated carbocycles. The van der Waals surface area contributed by atoms with Crippen LogP contribution in [0.3, 0.4) is 0 Å². The van der Waals surface area contributed by atoms with E-state index >= 15 is 0 Å². The Morgan fingerprint density at radius 2 is 1.43 bits per heavy atom. The number of carbonyl (C=O) groups is 1. The first kappa shape index (κ1) is 19.8. The summed E-state index contributed by atoms with van der Waals surface area (Å²) in [7, 11) is -3.68. The Hall–Kier alpha value is -2.96. The first-order valence-corrected chi connectivity index (χ1v) is 10.5. The topological polar surface area (TPSA) is 75.3 Å². The van der Waals surface area contributed by atoms with Crippen molar-refractivity contribution in [2.45, 2.75) is 17.9 Å². The minimum atomic E-state index is -3.68. The fourth-order valence-electron chi connectivity index (χ4n) is 2.74. The summed E-state index contributed by atoms with van der Waals surface area (Å²) >= 11 is 0. The van der Waals surface area contributed by atoms with E-state index in [9.17, 15) is 13.2 Å². The fraction of sp³-hybridized carbons (Fsp3) is 0.136. The van der Waals surface area contributed by atoms with Crippen molar-refractivity contribution >= 4 is 15.9 Å². The normalized spacial score (nSPS) is 11.1. The number of hydrogen-bond acceptors (Lipinski definition) is 3. The van der Waals surface area contributed by atoms with Crippen LogP contribution in [0.5, 0.6) is 0 Å². The second-order valence-corrected chi connectivity index (χ2v) is 8.10. The van der Waals surface area contributed by atoms with Gasteiger partial charge in [0.1, 0.15) is 0 Å². The van der Waals surface area contributed by atoms with E-state index in [1.807, 2.05) is 60.7 Å². The van der Waals surface area contributed by atoms with Gasteiger partial charge in [-0.05, 0) is 35.7 Å². The average Bonchev–Trinajstić information content (AvgIpc) is 2.73. The molecule has 0 aliphatic rings. The Kier molecular flexibility index (Phi) is 6.57. The summed E-state index contributed by atoms with van der Waals surface area (Å²) in [5.41, 5.74) is 2.34. The Morgan fingerprint density at radius 1 is 0.786 bits per heavy atom. The van der Waals surface area contributed by atoms with Crippen molar-refractivity contribution in [3.63, 3.8) is 0 Å². The molecule has 3 rings (SSSR count). The molecule has 2 N–H and O–H groups in total. The third-order valence-electron chi connectivity index (χ3n) is 4.25. The molecule has 0 aromatic heterocycles. The summed E-state index contributed by atoms with van der Waals surface area (Å²) in [5, 5.41) is 2.80. The van der Waals surface area contributed by atoms with Gasteiger partial charge in [-0.2, -0.15) is 0 Å². The van der Waals surface area contributed by atoms with Gasteiger partial charge in [0.15, 0.2) is 0 Å². The fourth-order valence-corrected chi connectivity index (χ4v) is 3.82. The van der Waals surface area contributed by atoms with Crippen LogP contribution < -0.4 is 10.0 Å². The van der Waals surface area contributed by atoms with Gasteiger partial charge in [0.25, 0.3) is 5.91 Å². The van der Waals surface area contributed by atoms with Gasteiger partial charge in [-0.15, -0.1) is 0 Å². The lowest BCUT2D eigenvalue weighted by molar-refractivity contribution is 0.0950. The third-order valence-corrected chi connectivity index (χ3v) is 5.71. The van der Waals surface area contributed by atoms with Crippen molar-refractivity contribution in [1.29, 1.82) is 0 Å². The zero-order chi connectivity index (χ0) is 19.8. The third kappa shape index (κ3) is 5.52. The van der Waals surface area contributed by atoms with Gasteiger partial charge < -0.3 is 5.32 Å². The summed E-state index contributed by atoms with van der Waals surface area (Å²) in [4.78, 5) is 12.4. The number of benzene rings is 3. The van der Waals surface area contributed by atoms with Crippen molar-refractivity contribution in [2.24, 2.45) is 0 Å². The quantitative estimate of drug-likeness (QED) is 0.616. The molecule has 144 valence electrons. The first-order chi connectivity index (χ1) is 13.5. The number of carbonyl (C=O) groups excluding carboxylic acids is 1. The average molecular weight is 394 g/mol. The highest BCUT2D eigenvalue weighted by atomic mass is 32.2. The molecular weight excluding hydrogens is 372 g/mol. The van der Waals surface area contributed by atoms with Gasteiger partial charge in [-0.25, -0.2) is 13.1 Å². The van der Waals surface area contributed by atoms with Crippen LogP contribution in [0.25, 0.3) is 0 Å². The van der Waals surface area contributed by atoms with E-state index in [2.05, 4.69) is 10.0 Å². The van der Waals surface area contributed by atoms with Crippen molar-refractivity contribution in [3.8, 4) is 0 Å². The molecule has 28 heavy (non-hydrogen) atoms. The van der Waals surface area contributed by atoms with Crippen LogP contribution in [0.2, 0.25) is 0 Å². The molecule has 0 heterocycles. The Balaban J connectivity index is 1.61. The van der Waals surface area contributed by atoms with Gasteiger partial charge >= 0.3 is 0 Å². The molecule has 0 aliphatic carbocycles. The van der Waals surface area contributed by atoms with Gasteiger partial charge in [0.2, 0.25) is 10.0 Å². The van der Waals surface area contributed by atoms with Gasteiger partial charge in [0.05, 0.1) is 4.90 Å². The molecule has 3 aromatic carbocycles. The van der Waals surface area contributed by atoms with E-state index in [4.69, 9.17) is 0 Å². The molecule has 3 aromatic rings. The Labute approximate surface area is 165 Å². The number of amides is 1. The molecule has 6 heteroatoms. The number of hydrogen-bond donors (Lipinski definition) is 2. The first-order valence-electron chi connectivity index (χ1n) is 9.00. The van der Waals surface area contributed by atoms with E-state index in [0.717, 1.165) is 11.1 Å². The van der Waals surface area contributed by atoms with Crippen LogP contribution in [0.15, 0.2) is 89.8 Å². The maximum atomic E-state index is 12.5. The standard InChI is InChI=1S/C22H22N2O3S/c25-22(23-17-19-10-5-2-6-11-19)20-12-7-13-21(16-20)28(26,27)24-15-14-18-8-3-1-4-9-18/h1-13,16,24H,14-15,17H2,(H,23,25). The zero-order valence-corrected chi connectivity index (χ0v) is 16.2. The van der Waals surface area contributed by atoms with Crippen LogP contribution in [0.4, 0.5) is 0 Å². The molecule has 0 bridgehead atoms. The van der Waals surface area contributed by atoms with Crippen LogP contribution >= 0.6 is 0 Å². The van der Waals surface area contributed by atoms with E-state index in [1.54, 1.807) is 12.1 Å². The molecule has 0 spiro atoms. The van der Waals surface area contributed by atoms with Crippen molar-refractivity contribution in [1.82, 2.24) is 10.0 Å². The highest BCUT2D eigenvalue weighted by Crippen LogP contribution is 2.12. The summed E-state index contributed by atoms with van der Waals surface area (Å²) in [6.07, 6.45) is 0.595. The van der Waals surface area contributed by atoms with Gasteiger partial charge in [-0.1, -0.05) is 66.7 Å².